The molecule has 29 heavy (non-hydrogen) atoms. The van der Waals surface area contributed by atoms with Gasteiger partial charge in [-0.2, -0.15) is 4.98 Å². The van der Waals surface area contributed by atoms with Gasteiger partial charge < -0.3 is 19.7 Å². The molecule has 0 aromatic carbocycles. The van der Waals surface area contributed by atoms with Gasteiger partial charge in [0, 0.05) is 38.8 Å². The average molecular weight is 399 g/mol. The normalized spacial score (nSPS) is 18.3. The molecule has 0 amide bonds. The number of carboxylic acid groups (broad SMARTS) is 1. The number of carbonyl (C=O) groups is 1. The van der Waals surface area contributed by atoms with Crippen molar-refractivity contribution in [3.05, 3.63) is 35.9 Å². The molecule has 2 aliphatic heterocycles. The molecule has 2 fully saturated rings. The molecule has 8 heteroatoms. The van der Waals surface area contributed by atoms with Gasteiger partial charge in [-0.1, -0.05) is 12.8 Å². The molecule has 0 atom stereocenters. The molecule has 0 spiro atoms. The van der Waals surface area contributed by atoms with E-state index in [-0.39, 0.29) is 6.42 Å². The van der Waals surface area contributed by atoms with Crippen molar-refractivity contribution in [1.82, 2.24) is 14.9 Å². The van der Waals surface area contributed by atoms with Crippen molar-refractivity contribution in [1.29, 1.82) is 0 Å². The number of anilines is 2. The fourth-order valence-corrected chi connectivity index (χ4v) is 3.96. The number of aliphatic carboxylic acids is 1. The van der Waals surface area contributed by atoms with E-state index in [1.54, 1.807) is 0 Å². The van der Waals surface area contributed by atoms with Crippen LogP contribution in [-0.2, 0) is 17.8 Å². The Hall–Kier alpha value is -2.61. The van der Waals surface area contributed by atoms with E-state index in [1.165, 1.54) is 25.7 Å². The van der Waals surface area contributed by atoms with Crippen molar-refractivity contribution in [3.8, 4) is 0 Å². The molecule has 0 bridgehead atoms. The van der Waals surface area contributed by atoms with E-state index in [4.69, 9.17) is 14.5 Å². The highest BCUT2D eigenvalue weighted by atomic mass is 16.4. The van der Waals surface area contributed by atoms with Crippen molar-refractivity contribution < 1.29 is 14.3 Å². The van der Waals surface area contributed by atoms with Crippen LogP contribution < -0.4 is 10.2 Å². The first-order chi connectivity index (χ1) is 14.2. The number of hydrogen-bond donors (Lipinski definition) is 2. The molecule has 0 aliphatic carbocycles. The van der Waals surface area contributed by atoms with Gasteiger partial charge in [-0.25, -0.2) is 4.98 Å². The fourth-order valence-electron chi connectivity index (χ4n) is 3.96. The Labute approximate surface area is 170 Å². The minimum atomic E-state index is -0.804. The summed E-state index contributed by atoms with van der Waals surface area (Å²) >= 11 is 0. The fraction of sp³-hybridized carbons (Fsp3) is 0.571. The number of hydrogen-bond acceptors (Lipinski definition) is 7. The lowest BCUT2D eigenvalue weighted by Crippen LogP contribution is -2.54. The van der Waals surface area contributed by atoms with Crippen LogP contribution in [0.15, 0.2) is 28.8 Å². The number of aromatic nitrogens is 2. The minimum absolute atomic E-state index is 0.0964. The summed E-state index contributed by atoms with van der Waals surface area (Å²) in [7, 11) is 0. The van der Waals surface area contributed by atoms with E-state index in [1.807, 2.05) is 24.4 Å². The molecule has 156 valence electrons. The summed E-state index contributed by atoms with van der Waals surface area (Å²) in [6.45, 7) is 4.70. The Bertz CT molecular complexity index is 810. The Balaban J connectivity index is 1.23. The van der Waals surface area contributed by atoms with Gasteiger partial charge in [0.1, 0.15) is 17.3 Å². The number of likely N-dealkylation sites (tertiary alicyclic amines) is 1. The molecular weight excluding hydrogens is 370 g/mol. The summed E-state index contributed by atoms with van der Waals surface area (Å²) in [4.78, 5) is 24.4. The van der Waals surface area contributed by atoms with Crippen molar-refractivity contribution in [2.45, 2.75) is 51.1 Å². The Morgan fingerprint density at radius 2 is 1.90 bits per heavy atom. The van der Waals surface area contributed by atoms with Crippen LogP contribution in [0.1, 0.15) is 43.6 Å². The van der Waals surface area contributed by atoms with E-state index < -0.39 is 5.97 Å². The number of carboxylic acids is 1. The maximum Gasteiger partial charge on any atom is 0.303 e. The number of rotatable bonds is 8. The van der Waals surface area contributed by atoms with Crippen molar-refractivity contribution in [2.24, 2.45) is 0 Å². The van der Waals surface area contributed by atoms with Gasteiger partial charge >= 0.3 is 5.97 Å². The Morgan fingerprint density at radius 1 is 1.14 bits per heavy atom. The highest BCUT2D eigenvalue weighted by Gasteiger charge is 2.28. The van der Waals surface area contributed by atoms with Crippen LogP contribution in [0.25, 0.3) is 0 Å². The van der Waals surface area contributed by atoms with Gasteiger partial charge in [0.05, 0.1) is 19.0 Å². The molecule has 8 nitrogen and oxygen atoms in total. The number of nitrogens with one attached hydrogen (secondary N) is 1. The molecule has 2 aliphatic rings. The van der Waals surface area contributed by atoms with E-state index in [0.717, 1.165) is 50.1 Å². The number of aryl methyl sites for hydroxylation is 1. The van der Waals surface area contributed by atoms with Gasteiger partial charge in [0.15, 0.2) is 0 Å². The summed E-state index contributed by atoms with van der Waals surface area (Å²) in [5.74, 6) is 2.52. The Kier molecular flexibility index (Phi) is 6.29. The third-order valence-electron chi connectivity index (χ3n) is 5.54. The van der Waals surface area contributed by atoms with Crippen LogP contribution in [0, 0.1) is 0 Å². The summed E-state index contributed by atoms with van der Waals surface area (Å²) < 4.78 is 5.73. The zero-order valence-corrected chi connectivity index (χ0v) is 16.7. The second kappa shape index (κ2) is 9.26. The maximum atomic E-state index is 10.7. The number of nitrogens with zero attached hydrogens (tertiary/aromatic N) is 4. The predicted molar refractivity (Wildman–Crippen MR) is 110 cm³/mol. The summed E-state index contributed by atoms with van der Waals surface area (Å²) in [6, 6.07) is 6.14. The second-order valence-corrected chi connectivity index (χ2v) is 7.94. The van der Waals surface area contributed by atoms with E-state index >= 15 is 0 Å². The molecule has 4 heterocycles. The summed E-state index contributed by atoms with van der Waals surface area (Å²) in [5, 5.41) is 12.2. The van der Waals surface area contributed by atoms with Crippen LogP contribution in [0.3, 0.4) is 0 Å². The van der Waals surface area contributed by atoms with E-state index in [0.29, 0.717) is 18.4 Å². The standard InChI is InChI=1S/C21H29N5O3/c27-20(28)8-7-17-5-6-18(29-17)15-25-13-16(14-25)23-21-22-10-9-19(24-21)26-11-3-1-2-4-12-26/h5-6,9-10,16H,1-4,7-8,11-15H2,(H,27,28)(H,22,23,24). The highest BCUT2D eigenvalue weighted by Crippen LogP contribution is 2.21. The largest absolute Gasteiger partial charge is 0.481 e. The summed E-state index contributed by atoms with van der Waals surface area (Å²) in [5.41, 5.74) is 0. The van der Waals surface area contributed by atoms with Crippen LogP contribution in [-0.4, -0.2) is 58.2 Å². The number of furan rings is 1. The molecule has 2 N–H and O–H groups in total. The zero-order valence-electron chi connectivity index (χ0n) is 16.7. The summed E-state index contributed by atoms with van der Waals surface area (Å²) in [6.07, 6.45) is 7.45. The third-order valence-corrected chi connectivity index (χ3v) is 5.54. The predicted octanol–water partition coefficient (Wildman–Crippen LogP) is 2.76. The maximum absolute atomic E-state index is 10.7. The molecular formula is C21H29N5O3. The molecule has 4 rings (SSSR count). The van der Waals surface area contributed by atoms with Gasteiger partial charge in [-0.3, -0.25) is 9.69 Å². The van der Waals surface area contributed by atoms with Crippen molar-refractivity contribution in [2.75, 3.05) is 36.4 Å². The molecule has 0 saturated carbocycles. The van der Waals surface area contributed by atoms with Crippen molar-refractivity contribution >= 4 is 17.7 Å². The highest BCUT2D eigenvalue weighted by molar-refractivity contribution is 5.66. The zero-order chi connectivity index (χ0) is 20.1. The van der Waals surface area contributed by atoms with Crippen LogP contribution in [0.5, 0.6) is 0 Å². The first-order valence-electron chi connectivity index (χ1n) is 10.5. The van der Waals surface area contributed by atoms with E-state index in [9.17, 15) is 4.79 Å². The lowest BCUT2D eigenvalue weighted by Gasteiger charge is -2.39. The lowest BCUT2D eigenvalue weighted by atomic mass is 10.1. The minimum Gasteiger partial charge on any atom is -0.481 e. The van der Waals surface area contributed by atoms with Crippen LogP contribution >= 0.6 is 0 Å². The first kappa shape index (κ1) is 19.7. The van der Waals surface area contributed by atoms with Crippen molar-refractivity contribution in [3.63, 3.8) is 0 Å². The van der Waals surface area contributed by atoms with Crippen LogP contribution in [0.2, 0.25) is 0 Å². The monoisotopic (exact) mass is 399 g/mol. The molecule has 2 saturated heterocycles. The molecule has 0 radical (unpaired) electrons. The third kappa shape index (κ3) is 5.47. The van der Waals surface area contributed by atoms with E-state index in [2.05, 4.69) is 20.1 Å². The SMILES string of the molecule is O=C(O)CCc1ccc(CN2CC(Nc3nccc(N4CCCCCC4)n3)C2)o1. The van der Waals surface area contributed by atoms with Crippen LogP contribution in [0.4, 0.5) is 11.8 Å². The van der Waals surface area contributed by atoms with Gasteiger partial charge in [-0.15, -0.1) is 0 Å². The van der Waals surface area contributed by atoms with Gasteiger partial charge in [-0.05, 0) is 31.0 Å². The molecule has 0 unspecified atom stereocenters. The molecule has 2 aromatic rings. The topological polar surface area (TPSA) is 94.7 Å². The Morgan fingerprint density at radius 3 is 2.66 bits per heavy atom. The van der Waals surface area contributed by atoms with Gasteiger partial charge in [0.2, 0.25) is 5.95 Å². The van der Waals surface area contributed by atoms with Gasteiger partial charge in [0.25, 0.3) is 0 Å². The first-order valence-corrected chi connectivity index (χ1v) is 10.5. The average Bonchev–Trinajstić information content (AvgIpc) is 2.95. The quantitative estimate of drug-likeness (QED) is 0.700. The second-order valence-electron chi connectivity index (χ2n) is 7.94. The lowest BCUT2D eigenvalue weighted by molar-refractivity contribution is -0.137. The molecule has 2 aromatic heterocycles. The smallest absolute Gasteiger partial charge is 0.303 e.